The molecule has 2 heterocycles. The molecule has 0 atom stereocenters. The Morgan fingerprint density at radius 3 is 1.15 bits per heavy atom. The quantitative estimate of drug-likeness (QED) is 0.150. The van der Waals surface area contributed by atoms with E-state index in [0.717, 1.165) is 22.8 Å². The lowest BCUT2D eigenvalue weighted by Crippen LogP contribution is -2.07. The van der Waals surface area contributed by atoms with E-state index in [1.807, 2.05) is 12.4 Å². The Hall–Kier alpha value is -4.35. The van der Waals surface area contributed by atoms with Crippen LogP contribution in [0, 0.1) is 0 Å². The van der Waals surface area contributed by atoms with Crippen molar-refractivity contribution < 1.29 is 0 Å². The minimum absolute atomic E-state index is 0.402. The van der Waals surface area contributed by atoms with E-state index in [1.54, 1.807) is 11.8 Å². The van der Waals surface area contributed by atoms with Crippen molar-refractivity contribution in [3.05, 3.63) is 132 Å². The minimum Gasteiger partial charge on any atom is -0.299 e. The van der Waals surface area contributed by atoms with Crippen LogP contribution in [0.2, 0.25) is 0 Å². The van der Waals surface area contributed by atoms with Crippen LogP contribution in [0.5, 0.6) is 0 Å². The molecule has 47 heavy (non-hydrogen) atoms. The third-order valence-corrected chi connectivity index (χ3v) is 9.85. The standard InChI is InChI=1S/C42H46N4S/c1-27(2)35-17-11-18-36(28(3)4)39(35)45-23-21-43-41(45)31-13-9-15-33(25-31)47-34-16-10-14-32(26-34)42-44-22-24-46(42)40-37(29(5)6)19-12-20-38(40)30(7)8/h9-30H,1-8H3. The van der Waals surface area contributed by atoms with E-state index in [-0.39, 0.29) is 0 Å². The summed E-state index contributed by atoms with van der Waals surface area (Å²) in [6.07, 6.45) is 8.06. The lowest BCUT2D eigenvalue weighted by Gasteiger charge is -2.22. The fourth-order valence-electron chi connectivity index (χ4n) is 6.51. The van der Waals surface area contributed by atoms with Crippen molar-refractivity contribution in [2.24, 2.45) is 0 Å². The Labute approximate surface area is 284 Å². The highest BCUT2D eigenvalue weighted by atomic mass is 32.2. The zero-order valence-electron chi connectivity index (χ0n) is 28.9. The third kappa shape index (κ3) is 6.59. The molecule has 0 radical (unpaired) electrons. The summed E-state index contributed by atoms with van der Waals surface area (Å²) in [6, 6.07) is 30.9. The molecule has 0 aliphatic heterocycles. The average Bonchev–Trinajstić information content (AvgIpc) is 3.75. The Bertz CT molecular complexity index is 1800. The topological polar surface area (TPSA) is 35.6 Å². The van der Waals surface area contributed by atoms with Gasteiger partial charge >= 0.3 is 0 Å². The number of hydrogen-bond donors (Lipinski definition) is 0. The molecular weight excluding hydrogens is 593 g/mol. The smallest absolute Gasteiger partial charge is 0.144 e. The number of nitrogens with zero attached hydrogens (tertiary/aromatic N) is 4. The molecule has 2 aromatic heterocycles. The number of rotatable bonds is 10. The molecule has 6 aromatic rings. The first kappa shape index (κ1) is 32.6. The second-order valence-electron chi connectivity index (χ2n) is 13.6. The molecule has 0 spiro atoms. The molecule has 0 fully saturated rings. The number of para-hydroxylation sites is 2. The molecule has 6 rings (SSSR count). The van der Waals surface area contributed by atoms with Crippen molar-refractivity contribution in [1.29, 1.82) is 0 Å². The van der Waals surface area contributed by atoms with Gasteiger partial charge in [-0.1, -0.05) is 128 Å². The molecule has 4 aromatic carbocycles. The third-order valence-electron chi connectivity index (χ3n) is 8.87. The largest absolute Gasteiger partial charge is 0.299 e. The van der Waals surface area contributed by atoms with E-state index in [2.05, 4.69) is 162 Å². The van der Waals surface area contributed by atoms with Crippen molar-refractivity contribution in [2.45, 2.75) is 88.9 Å². The summed E-state index contributed by atoms with van der Waals surface area (Å²) in [5.74, 6) is 3.53. The molecule has 0 amide bonds. The second kappa shape index (κ2) is 13.8. The van der Waals surface area contributed by atoms with E-state index >= 15 is 0 Å². The average molecular weight is 639 g/mol. The fourth-order valence-corrected chi connectivity index (χ4v) is 7.45. The summed E-state index contributed by atoms with van der Waals surface area (Å²) in [5, 5.41) is 0. The van der Waals surface area contributed by atoms with Gasteiger partial charge in [-0.3, -0.25) is 9.13 Å². The number of benzene rings is 4. The lowest BCUT2D eigenvalue weighted by molar-refractivity contribution is 0.806. The van der Waals surface area contributed by atoms with Gasteiger partial charge in [-0.15, -0.1) is 0 Å². The highest BCUT2D eigenvalue weighted by Gasteiger charge is 2.20. The van der Waals surface area contributed by atoms with E-state index < -0.39 is 0 Å². The molecule has 0 saturated carbocycles. The highest BCUT2D eigenvalue weighted by Crippen LogP contribution is 2.38. The van der Waals surface area contributed by atoms with Gasteiger partial charge in [0.05, 0.1) is 11.4 Å². The molecule has 4 nitrogen and oxygen atoms in total. The van der Waals surface area contributed by atoms with Gasteiger partial charge in [-0.25, -0.2) is 9.97 Å². The summed E-state index contributed by atoms with van der Waals surface area (Å²) < 4.78 is 4.57. The van der Waals surface area contributed by atoms with Crippen molar-refractivity contribution in [1.82, 2.24) is 19.1 Å². The molecule has 0 bridgehead atoms. The van der Waals surface area contributed by atoms with Gasteiger partial charge in [-0.05, 0) is 70.2 Å². The molecule has 0 aliphatic rings. The summed E-state index contributed by atoms with van der Waals surface area (Å²) in [6.45, 7) is 18.1. The van der Waals surface area contributed by atoms with Gasteiger partial charge in [0.2, 0.25) is 0 Å². The zero-order valence-corrected chi connectivity index (χ0v) is 29.7. The fraction of sp³-hybridized carbons (Fsp3) is 0.286. The van der Waals surface area contributed by atoms with Gasteiger partial charge in [0.15, 0.2) is 0 Å². The maximum atomic E-state index is 4.88. The number of hydrogen-bond acceptors (Lipinski definition) is 3. The summed E-state index contributed by atoms with van der Waals surface area (Å²) >= 11 is 1.77. The second-order valence-corrected chi connectivity index (χ2v) is 14.7. The molecular formula is C42H46N4S. The van der Waals surface area contributed by atoms with E-state index in [1.165, 1.54) is 43.4 Å². The van der Waals surface area contributed by atoms with Gasteiger partial charge in [-0.2, -0.15) is 0 Å². The first-order valence-corrected chi connectivity index (χ1v) is 17.7. The van der Waals surface area contributed by atoms with Gasteiger partial charge in [0.25, 0.3) is 0 Å². The predicted molar refractivity (Wildman–Crippen MR) is 198 cm³/mol. The Morgan fingerprint density at radius 1 is 0.468 bits per heavy atom. The van der Waals surface area contributed by atoms with E-state index in [9.17, 15) is 0 Å². The molecule has 0 aliphatic carbocycles. The van der Waals surface area contributed by atoms with Crippen molar-refractivity contribution in [3.63, 3.8) is 0 Å². The molecule has 0 saturated heterocycles. The summed E-state index contributed by atoms with van der Waals surface area (Å²) in [7, 11) is 0. The zero-order chi connectivity index (χ0) is 33.2. The summed E-state index contributed by atoms with van der Waals surface area (Å²) in [4.78, 5) is 12.1. The predicted octanol–water partition coefficient (Wildman–Crippen LogP) is 12.0. The van der Waals surface area contributed by atoms with E-state index in [0.29, 0.717) is 23.7 Å². The van der Waals surface area contributed by atoms with Crippen LogP contribution in [0.4, 0.5) is 0 Å². The van der Waals surface area contributed by atoms with Crippen LogP contribution in [-0.4, -0.2) is 19.1 Å². The van der Waals surface area contributed by atoms with Crippen molar-refractivity contribution in [3.8, 4) is 34.2 Å². The first-order valence-electron chi connectivity index (χ1n) is 16.9. The number of aromatic nitrogens is 4. The molecule has 240 valence electrons. The van der Waals surface area contributed by atoms with Crippen LogP contribution in [-0.2, 0) is 0 Å². The summed E-state index contributed by atoms with van der Waals surface area (Å²) in [5.41, 5.74) is 10.1. The van der Waals surface area contributed by atoms with E-state index in [4.69, 9.17) is 9.97 Å². The molecule has 5 heteroatoms. The maximum Gasteiger partial charge on any atom is 0.144 e. The van der Waals surface area contributed by atoms with Crippen molar-refractivity contribution >= 4 is 11.8 Å². The van der Waals surface area contributed by atoms with Gasteiger partial charge < -0.3 is 0 Å². The van der Waals surface area contributed by atoms with Crippen LogP contribution in [0.3, 0.4) is 0 Å². The van der Waals surface area contributed by atoms with Crippen LogP contribution in [0.15, 0.2) is 120 Å². The van der Waals surface area contributed by atoms with Crippen molar-refractivity contribution in [2.75, 3.05) is 0 Å². The maximum absolute atomic E-state index is 4.88. The minimum atomic E-state index is 0.402. The van der Waals surface area contributed by atoms with Gasteiger partial charge in [0.1, 0.15) is 11.6 Å². The Morgan fingerprint density at radius 2 is 0.809 bits per heavy atom. The van der Waals surface area contributed by atoms with Gasteiger partial charge in [0, 0.05) is 45.7 Å². The molecule has 0 unspecified atom stereocenters. The monoisotopic (exact) mass is 638 g/mol. The van der Waals surface area contributed by atoms with Crippen LogP contribution < -0.4 is 0 Å². The highest BCUT2D eigenvalue weighted by molar-refractivity contribution is 7.99. The Kier molecular flexibility index (Phi) is 9.56. The SMILES string of the molecule is CC(C)c1cccc(C(C)C)c1-n1ccnc1-c1cccc(Sc2cccc(-c3nccn3-c3c(C(C)C)cccc3C(C)C)c2)c1. The number of imidazole rings is 2. The first-order chi connectivity index (χ1) is 22.6. The Balaban J connectivity index is 1.35. The lowest BCUT2D eigenvalue weighted by atomic mass is 9.92. The van der Waals surface area contributed by atoms with Crippen LogP contribution in [0.25, 0.3) is 34.2 Å². The normalized spacial score (nSPS) is 11.8. The van der Waals surface area contributed by atoms with Crippen LogP contribution in [0.1, 0.15) is 101 Å². The molecule has 0 N–H and O–H groups in total. The van der Waals surface area contributed by atoms with Crippen LogP contribution >= 0.6 is 11.8 Å².